The lowest BCUT2D eigenvalue weighted by Gasteiger charge is -2.19. The number of benzene rings is 2. The Hall–Kier alpha value is -2.25. The first-order valence-electron chi connectivity index (χ1n) is 9.10. The van der Waals surface area contributed by atoms with E-state index in [2.05, 4.69) is 4.98 Å². The highest BCUT2D eigenvalue weighted by Gasteiger charge is 2.38. The molecule has 0 aliphatic carbocycles. The normalized spacial score (nSPS) is 12.8. The number of imidazole rings is 1. The monoisotopic (exact) mass is 428 g/mol. The average Bonchev–Trinajstić information content (AvgIpc) is 2.99. The molecule has 0 aliphatic rings. The van der Waals surface area contributed by atoms with Gasteiger partial charge in [0.2, 0.25) is 5.82 Å². The van der Waals surface area contributed by atoms with Crippen LogP contribution in [-0.2, 0) is 12.7 Å². The first-order valence-corrected chi connectivity index (χ1v) is 9.10. The third-order valence-electron chi connectivity index (χ3n) is 4.52. The smallest absolute Gasteiger partial charge is 0.449 e. The molecule has 4 nitrogen and oxygen atoms in total. The van der Waals surface area contributed by atoms with Crippen molar-refractivity contribution in [2.45, 2.75) is 45.5 Å². The summed E-state index contributed by atoms with van der Waals surface area (Å²) in [4.78, 5) is 3.69. The quantitative estimate of drug-likeness (QED) is 0.575. The number of aliphatic hydroxyl groups excluding tert-OH is 1. The van der Waals surface area contributed by atoms with Crippen molar-refractivity contribution in [1.29, 1.82) is 0 Å². The number of aromatic nitrogens is 2. The van der Waals surface area contributed by atoms with Crippen LogP contribution in [0.5, 0.6) is 5.75 Å². The van der Waals surface area contributed by atoms with Crippen molar-refractivity contribution in [3.05, 3.63) is 59.4 Å². The highest BCUT2D eigenvalue weighted by atomic mass is 35.5. The molecule has 0 bridgehead atoms. The van der Waals surface area contributed by atoms with Crippen LogP contribution in [0.25, 0.3) is 11.0 Å². The van der Waals surface area contributed by atoms with E-state index in [0.717, 1.165) is 15.7 Å². The molecule has 0 saturated carbocycles. The summed E-state index contributed by atoms with van der Waals surface area (Å²) in [7, 11) is 0. The van der Waals surface area contributed by atoms with E-state index in [1.165, 1.54) is 6.07 Å². The van der Waals surface area contributed by atoms with Gasteiger partial charge in [-0.2, -0.15) is 13.2 Å². The number of nitrogens with zero attached hydrogens (tertiary/aromatic N) is 2. The molecule has 0 aliphatic heterocycles. The molecule has 29 heavy (non-hydrogen) atoms. The highest BCUT2D eigenvalue weighted by molar-refractivity contribution is 5.85. The van der Waals surface area contributed by atoms with Gasteiger partial charge in [0.15, 0.2) is 0 Å². The summed E-state index contributed by atoms with van der Waals surface area (Å²) in [5.41, 5.74) is 2.56. The molecule has 0 radical (unpaired) electrons. The number of aryl methyl sites for hydroxylation is 1. The van der Waals surface area contributed by atoms with Gasteiger partial charge in [-0.15, -0.1) is 12.4 Å². The van der Waals surface area contributed by atoms with Crippen LogP contribution in [0.4, 0.5) is 13.2 Å². The minimum absolute atomic E-state index is 0. The van der Waals surface area contributed by atoms with E-state index in [0.29, 0.717) is 11.3 Å². The fourth-order valence-corrected chi connectivity index (χ4v) is 3.17. The Labute approximate surface area is 173 Å². The van der Waals surface area contributed by atoms with Crippen LogP contribution < -0.4 is 4.74 Å². The van der Waals surface area contributed by atoms with Crippen molar-refractivity contribution in [2.75, 3.05) is 6.61 Å². The summed E-state index contributed by atoms with van der Waals surface area (Å²) >= 11 is 0. The van der Waals surface area contributed by atoms with E-state index in [1.54, 1.807) is 18.2 Å². The maximum Gasteiger partial charge on any atom is 0.449 e. The molecule has 0 fully saturated rings. The molecule has 3 aromatic rings. The number of hydrogen-bond donors (Lipinski definition) is 1. The summed E-state index contributed by atoms with van der Waals surface area (Å²) in [6.45, 7) is 5.61. The molecule has 8 heteroatoms. The van der Waals surface area contributed by atoms with Gasteiger partial charge in [0, 0.05) is 0 Å². The SMILES string of the molecule is Cc1ccc(C(C)C)c(OCC(O)Cn2c(C(F)(F)F)nc3ccccc32)c1.Cl. The molecule has 1 atom stereocenters. The molecule has 2 aromatic carbocycles. The zero-order valence-electron chi connectivity index (χ0n) is 16.4. The average molecular weight is 429 g/mol. The molecule has 1 heterocycles. The van der Waals surface area contributed by atoms with E-state index in [4.69, 9.17) is 4.74 Å². The fraction of sp³-hybridized carbons (Fsp3) is 0.381. The molecule has 1 aromatic heterocycles. The molecular formula is C21H24ClF3N2O2. The number of halogens is 4. The zero-order valence-corrected chi connectivity index (χ0v) is 17.2. The lowest BCUT2D eigenvalue weighted by molar-refractivity contribution is -0.147. The van der Waals surface area contributed by atoms with Crippen LogP contribution >= 0.6 is 12.4 Å². The summed E-state index contributed by atoms with van der Waals surface area (Å²) in [5.74, 6) is -0.158. The number of aliphatic hydroxyl groups is 1. The summed E-state index contributed by atoms with van der Waals surface area (Å²) in [5, 5.41) is 10.4. The Bertz CT molecular complexity index is 970. The zero-order chi connectivity index (χ0) is 20.5. The molecule has 0 spiro atoms. The summed E-state index contributed by atoms with van der Waals surface area (Å²) < 4.78 is 46.9. The Morgan fingerprint density at radius 1 is 1.14 bits per heavy atom. The van der Waals surface area contributed by atoms with Gasteiger partial charge in [0.25, 0.3) is 0 Å². The lowest BCUT2D eigenvalue weighted by Crippen LogP contribution is -2.26. The van der Waals surface area contributed by atoms with Crippen LogP contribution in [0.2, 0.25) is 0 Å². The lowest BCUT2D eigenvalue weighted by atomic mass is 10.0. The molecule has 1 unspecified atom stereocenters. The predicted octanol–water partition coefficient (Wildman–Crippen LogP) is 5.35. The van der Waals surface area contributed by atoms with Gasteiger partial charge in [-0.25, -0.2) is 4.98 Å². The van der Waals surface area contributed by atoms with Crippen molar-refractivity contribution in [1.82, 2.24) is 9.55 Å². The largest absolute Gasteiger partial charge is 0.491 e. The minimum Gasteiger partial charge on any atom is -0.491 e. The van der Waals surface area contributed by atoms with Gasteiger partial charge in [-0.05, 0) is 42.2 Å². The number of ether oxygens (including phenoxy) is 1. The predicted molar refractivity (Wildman–Crippen MR) is 109 cm³/mol. The van der Waals surface area contributed by atoms with E-state index in [9.17, 15) is 18.3 Å². The summed E-state index contributed by atoms with van der Waals surface area (Å²) in [6, 6.07) is 12.2. The van der Waals surface area contributed by atoms with Crippen molar-refractivity contribution >= 4 is 23.4 Å². The minimum atomic E-state index is -4.61. The van der Waals surface area contributed by atoms with Gasteiger partial charge in [0.1, 0.15) is 18.5 Å². The van der Waals surface area contributed by atoms with E-state index >= 15 is 0 Å². The first-order chi connectivity index (χ1) is 13.2. The van der Waals surface area contributed by atoms with Crippen LogP contribution in [-0.4, -0.2) is 27.4 Å². The number of alkyl halides is 3. The standard InChI is InChI=1S/C21H23F3N2O2.ClH/c1-13(2)16-9-8-14(3)10-19(16)28-12-15(27)11-26-18-7-5-4-6-17(18)25-20(26)21(22,23)24;/h4-10,13,15,27H,11-12H2,1-3H3;1H. The maximum absolute atomic E-state index is 13.4. The fourth-order valence-electron chi connectivity index (χ4n) is 3.17. The molecule has 0 amide bonds. The van der Waals surface area contributed by atoms with Gasteiger partial charge in [0.05, 0.1) is 17.6 Å². The first kappa shape index (κ1) is 23.0. The van der Waals surface area contributed by atoms with Gasteiger partial charge >= 0.3 is 6.18 Å². The number of rotatable bonds is 6. The third-order valence-corrected chi connectivity index (χ3v) is 4.52. The van der Waals surface area contributed by atoms with E-state index in [1.807, 2.05) is 39.0 Å². The van der Waals surface area contributed by atoms with Gasteiger partial charge in [-0.3, -0.25) is 0 Å². The van der Waals surface area contributed by atoms with Crippen LogP contribution in [0.15, 0.2) is 42.5 Å². The van der Waals surface area contributed by atoms with Crippen LogP contribution in [0.3, 0.4) is 0 Å². The molecule has 3 rings (SSSR count). The van der Waals surface area contributed by atoms with Gasteiger partial charge in [-0.1, -0.05) is 38.1 Å². The number of para-hydroxylation sites is 2. The van der Waals surface area contributed by atoms with Crippen molar-refractivity contribution < 1.29 is 23.0 Å². The maximum atomic E-state index is 13.4. The summed E-state index contributed by atoms with van der Waals surface area (Å²) in [6.07, 6.45) is -5.74. The van der Waals surface area contributed by atoms with E-state index < -0.39 is 18.1 Å². The van der Waals surface area contributed by atoms with Crippen LogP contribution in [0.1, 0.15) is 36.7 Å². The molecule has 0 saturated heterocycles. The van der Waals surface area contributed by atoms with Crippen molar-refractivity contribution in [3.63, 3.8) is 0 Å². The van der Waals surface area contributed by atoms with E-state index in [-0.39, 0.29) is 37.0 Å². The van der Waals surface area contributed by atoms with Gasteiger partial charge < -0.3 is 14.4 Å². The topological polar surface area (TPSA) is 47.3 Å². The Kier molecular flexibility index (Phi) is 7.19. The second-order valence-corrected chi connectivity index (χ2v) is 7.19. The number of hydrogen-bond acceptors (Lipinski definition) is 3. The Balaban J connectivity index is 0.00000300. The second-order valence-electron chi connectivity index (χ2n) is 7.19. The highest BCUT2D eigenvalue weighted by Crippen LogP contribution is 2.32. The van der Waals surface area contributed by atoms with Crippen molar-refractivity contribution in [2.24, 2.45) is 0 Å². The van der Waals surface area contributed by atoms with Crippen LogP contribution in [0, 0.1) is 6.92 Å². The number of fused-ring (bicyclic) bond motifs is 1. The molecular weight excluding hydrogens is 405 g/mol. The second kappa shape index (κ2) is 9.05. The molecule has 158 valence electrons. The third kappa shape index (κ3) is 5.22. The Morgan fingerprint density at radius 2 is 1.83 bits per heavy atom. The van der Waals surface area contributed by atoms with Crippen molar-refractivity contribution in [3.8, 4) is 5.75 Å². The Morgan fingerprint density at radius 3 is 2.48 bits per heavy atom. The molecule has 1 N–H and O–H groups in total.